The fourth-order valence-corrected chi connectivity index (χ4v) is 6.83. The molecule has 0 aromatic heterocycles. The third kappa shape index (κ3) is 2.50. The van der Waals surface area contributed by atoms with Gasteiger partial charge in [0.25, 0.3) is 0 Å². The van der Waals surface area contributed by atoms with E-state index in [1.54, 1.807) is 0 Å². The van der Waals surface area contributed by atoms with E-state index in [0.717, 1.165) is 18.8 Å². The summed E-state index contributed by atoms with van der Waals surface area (Å²) in [5, 5.41) is 0. The van der Waals surface area contributed by atoms with Crippen LogP contribution in [0.2, 0.25) is 0 Å². The number of Topliss-reactive ketones (excluding diaryl/α,β-unsaturated/α-hetero) is 1. The lowest BCUT2D eigenvalue weighted by Crippen LogP contribution is -2.55. The molecule has 2 atom stereocenters. The monoisotopic (exact) mass is 262 g/mol. The quantitative estimate of drug-likeness (QED) is 0.697. The molecule has 0 saturated heterocycles. The van der Waals surface area contributed by atoms with Crippen molar-refractivity contribution in [3.05, 3.63) is 0 Å². The van der Waals surface area contributed by atoms with Gasteiger partial charge < -0.3 is 0 Å². The summed E-state index contributed by atoms with van der Waals surface area (Å²) >= 11 is 0. The Morgan fingerprint density at radius 1 is 1.05 bits per heavy atom. The zero-order chi connectivity index (χ0) is 13.9. The van der Waals surface area contributed by atoms with E-state index in [1.165, 1.54) is 38.5 Å². The smallest absolute Gasteiger partial charge is 0.133 e. The predicted molar refractivity (Wildman–Crippen MR) is 78.9 cm³/mol. The van der Waals surface area contributed by atoms with Crippen molar-refractivity contribution in [2.75, 3.05) is 0 Å². The Hall–Kier alpha value is -0.330. The van der Waals surface area contributed by atoms with Gasteiger partial charge in [-0.15, -0.1) is 0 Å². The van der Waals surface area contributed by atoms with E-state index < -0.39 is 0 Å². The lowest BCUT2D eigenvalue weighted by atomic mass is 9.39. The summed E-state index contributed by atoms with van der Waals surface area (Å²) in [6.07, 6.45) is 9.96. The van der Waals surface area contributed by atoms with Gasteiger partial charge in [0.05, 0.1) is 0 Å². The summed E-state index contributed by atoms with van der Waals surface area (Å²) in [5.41, 5.74) is 1.48. The van der Waals surface area contributed by atoms with Crippen molar-refractivity contribution >= 4 is 5.78 Å². The minimum atomic E-state index is 0.384. The molecule has 0 aliphatic heterocycles. The van der Waals surface area contributed by atoms with Crippen LogP contribution in [0, 0.1) is 28.1 Å². The Morgan fingerprint density at radius 3 is 2.11 bits per heavy atom. The van der Waals surface area contributed by atoms with Gasteiger partial charge in [0.1, 0.15) is 5.78 Å². The summed E-state index contributed by atoms with van der Waals surface area (Å²) in [5.74, 6) is 1.97. The Labute approximate surface area is 118 Å². The third-order valence-electron chi connectivity index (χ3n) is 5.95. The van der Waals surface area contributed by atoms with Gasteiger partial charge in [-0.2, -0.15) is 0 Å². The molecule has 4 aliphatic rings. The molecule has 19 heavy (non-hydrogen) atoms. The first-order valence-corrected chi connectivity index (χ1v) is 8.23. The Kier molecular flexibility index (Phi) is 2.93. The van der Waals surface area contributed by atoms with Crippen LogP contribution in [-0.4, -0.2) is 5.78 Å². The zero-order valence-electron chi connectivity index (χ0n) is 13.2. The Balaban J connectivity index is 1.79. The minimum Gasteiger partial charge on any atom is -0.300 e. The average Bonchev–Trinajstić information content (AvgIpc) is 2.06. The van der Waals surface area contributed by atoms with Gasteiger partial charge in [-0.25, -0.2) is 0 Å². The molecule has 4 fully saturated rings. The van der Waals surface area contributed by atoms with E-state index >= 15 is 0 Å². The van der Waals surface area contributed by atoms with Crippen molar-refractivity contribution < 1.29 is 4.79 Å². The molecular formula is C18H30O. The number of ketones is 1. The largest absolute Gasteiger partial charge is 0.300 e. The van der Waals surface area contributed by atoms with E-state index in [2.05, 4.69) is 27.7 Å². The molecule has 0 radical (unpaired) electrons. The van der Waals surface area contributed by atoms with Crippen LogP contribution >= 0.6 is 0 Å². The SMILES string of the molecule is CC(C)CC(=O)CC12CC3CC(C)(CC(C)(C3)C1)C2. The number of carbonyl (C=O) groups is 1. The van der Waals surface area contributed by atoms with Crippen LogP contribution in [0.3, 0.4) is 0 Å². The van der Waals surface area contributed by atoms with E-state index in [1.807, 2.05) is 0 Å². The topological polar surface area (TPSA) is 17.1 Å². The van der Waals surface area contributed by atoms with Gasteiger partial charge in [0.2, 0.25) is 0 Å². The highest BCUT2D eigenvalue weighted by Crippen LogP contribution is 2.70. The molecule has 0 aromatic rings. The highest BCUT2D eigenvalue weighted by Gasteiger charge is 2.60. The second-order valence-electron chi connectivity index (χ2n) is 9.44. The number of hydrogen-bond acceptors (Lipinski definition) is 1. The van der Waals surface area contributed by atoms with Crippen LogP contribution < -0.4 is 0 Å². The molecule has 4 aliphatic carbocycles. The summed E-state index contributed by atoms with van der Waals surface area (Å²) in [4.78, 5) is 12.3. The number of rotatable bonds is 4. The Bertz CT molecular complexity index is 376. The number of carbonyl (C=O) groups excluding carboxylic acids is 1. The van der Waals surface area contributed by atoms with Gasteiger partial charge in [-0.05, 0) is 66.6 Å². The molecule has 4 rings (SSSR count). The van der Waals surface area contributed by atoms with E-state index in [-0.39, 0.29) is 0 Å². The van der Waals surface area contributed by atoms with Crippen LogP contribution in [0.5, 0.6) is 0 Å². The second-order valence-corrected chi connectivity index (χ2v) is 9.44. The van der Waals surface area contributed by atoms with E-state index in [0.29, 0.717) is 27.9 Å². The zero-order valence-corrected chi connectivity index (χ0v) is 13.2. The van der Waals surface area contributed by atoms with Gasteiger partial charge >= 0.3 is 0 Å². The number of hydrogen-bond donors (Lipinski definition) is 0. The Morgan fingerprint density at radius 2 is 1.63 bits per heavy atom. The van der Waals surface area contributed by atoms with Gasteiger partial charge in [-0.1, -0.05) is 27.7 Å². The first-order valence-electron chi connectivity index (χ1n) is 8.23. The molecule has 4 saturated carbocycles. The maximum Gasteiger partial charge on any atom is 0.133 e. The molecule has 0 heterocycles. The van der Waals surface area contributed by atoms with Gasteiger partial charge in [0.15, 0.2) is 0 Å². The van der Waals surface area contributed by atoms with Gasteiger partial charge in [-0.3, -0.25) is 4.79 Å². The maximum atomic E-state index is 12.3. The summed E-state index contributed by atoms with van der Waals surface area (Å²) in [7, 11) is 0. The van der Waals surface area contributed by atoms with Crippen LogP contribution in [0.4, 0.5) is 0 Å². The van der Waals surface area contributed by atoms with Crippen LogP contribution in [0.25, 0.3) is 0 Å². The van der Waals surface area contributed by atoms with Crippen molar-refractivity contribution in [2.24, 2.45) is 28.1 Å². The molecule has 2 unspecified atom stereocenters. The van der Waals surface area contributed by atoms with Crippen molar-refractivity contribution in [1.82, 2.24) is 0 Å². The molecular weight excluding hydrogens is 232 g/mol. The predicted octanol–water partition coefficient (Wildman–Crippen LogP) is 4.99. The fraction of sp³-hybridized carbons (Fsp3) is 0.944. The second kappa shape index (κ2) is 4.09. The lowest BCUT2D eigenvalue weighted by molar-refractivity contribution is -0.155. The fourth-order valence-electron chi connectivity index (χ4n) is 6.83. The first kappa shape index (κ1) is 13.6. The highest BCUT2D eigenvalue weighted by molar-refractivity contribution is 5.79. The third-order valence-corrected chi connectivity index (χ3v) is 5.95. The standard InChI is InChI=1S/C18H30O/c1-13(2)5-15(19)9-18-8-14-6-16(3,11-18)10-17(4,7-14)12-18/h13-14H,5-12H2,1-4H3. The molecule has 0 aromatic carbocycles. The van der Waals surface area contributed by atoms with Crippen LogP contribution in [0.1, 0.15) is 79.1 Å². The molecule has 0 spiro atoms. The van der Waals surface area contributed by atoms with Crippen molar-refractivity contribution in [1.29, 1.82) is 0 Å². The lowest BCUT2D eigenvalue weighted by Gasteiger charge is -2.65. The van der Waals surface area contributed by atoms with Crippen molar-refractivity contribution in [2.45, 2.75) is 79.1 Å². The molecule has 1 heteroatoms. The maximum absolute atomic E-state index is 12.3. The average molecular weight is 262 g/mol. The van der Waals surface area contributed by atoms with Gasteiger partial charge in [0, 0.05) is 12.8 Å². The van der Waals surface area contributed by atoms with E-state index in [9.17, 15) is 4.79 Å². The van der Waals surface area contributed by atoms with Crippen molar-refractivity contribution in [3.63, 3.8) is 0 Å². The van der Waals surface area contributed by atoms with Crippen LogP contribution in [0.15, 0.2) is 0 Å². The summed E-state index contributed by atoms with van der Waals surface area (Å²) in [6, 6.07) is 0. The molecule has 1 nitrogen and oxygen atoms in total. The van der Waals surface area contributed by atoms with Crippen LogP contribution in [-0.2, 0) is 4.79 Å². The van der Waals surface area contributed by atoms with E-state index in [4.69, 9.17) is 0 Å². The first-order chi connectivity index (χ1) is 8.72. The summed E-state index contributed by atoms with van der Waals surface area (Å²) in [6.45, 7) is 9.33. The minimum absolute atomic E-state index is 0.384. The molecule has 0 amide bonds. The molecule has 108 valence electrons. The highest BCUT2D eigenvalue weighted by atomic mass is 16.1. The summed E-state index contributed by atoms with van der Waals surface area (Å²) < 4.78 is 0. The molecule has 0 N–H and O–H groups in total. The van der Waals surface area contributed by atoms with Crippen molar-refractivity contribution in [3.8, 4) is 0 Å². The molecule has 4 bridgehead atoms. The normalized spacial score (nSPS) is 47.9.